The maximum atomic E-state index is 5.81. The lowest BCUT2D eigenvalue weighted by Crippen LogP contribution is -2.42. The molecule has 106 valence electrons. The minimum absolute atomic E-state index is 0.718. The van der Waals surface area contributed by atoms with Gasteiger partial charge < -0.3 is 5.73 Å². The van der Waals surface area contributed by atoms with E-state index in [1.807, 2.05) is 0 Å². The maximum Gasteiger partial charge on any atom is 0.0237 e. The second-order valence-corrected chi connectivity index (χ2v) is 6.17. The van der Waals surface area contributed by atoms with Crippen LogP contribution in [0.5, 0.6) is 0 Å². The second kappa shape index (κ2) is 7.06. The fourth-order valence-electron chi connectivity index (χ4n) is 3.23. The second-order valence-electron chi connectivity index (χ2n) is 6.17. The molecule has 0 bridgehead atoms. The van der Waals surface area contributed by atoms with Gasteiger partial charge in [-0.15, -0.1) is 0 Å². The van der Waals surface area contributed by atoms with Crippen LogP contribution in [0.15, 0.2) is 30.3 Å². The average Bonchev–Trinajstić information content (AvgIpc) is 2.43. The van der Waals surface area contributed by atoms with Crippen LogP contribution >= 0.6 is 0 Å². The van der Waals surface area contributed by atoms with Crippen LogP contribution in [0.3, 0.4) is 0 Å². The van der Waals surface area contributed by atoms with Gasteiger partial charge in [-0.1, -0.05) is 44.2 Å². The van der Waals surface area contributed by atoms with Crippen molar-refractivity contribution in [1.82, 2.24) is 4.90 Å². The van der Waals surface area contributed by atoms with Crippen LogP contribution in [0.1, 0.15) is 38.7 Å². The zero-order chi connectivity index (χ0) is 13.7. The van der Waals surface area contributed by atoms with Gasteiger partial charge in [-0.05, 0) is 36.7 Å². The van der Waals surface area contributed by atoms with Crippen LogP contribution in [0.25, 0.3) is 0 Å². The predicted molar refractivity (Wildman–Crippen MR) is 81.9 cm³/mol. The van der Waals surface area contributed by atoms with Gasteiger partial charge in [0.1, 0.15) is 0 Å². The molecule has 0 radical (unpaired) electrons. The van der Waals surface area contributed by atoms with Gasteiger partial charge in [0, 0.05) is 25.7 Å². The Kier molecular flexibility index (Phi) is 5.41. The highest BCUT2D eigenvalue weighted by atomic mass is 15.2. The van der Waals surface area contributed by atoms with Gasteiger partial charge in [-0.3, -0.25) is 4.90 Å². The summed E-state index contributed by atoms with van der Waals surface area (Å²) >= 11 is 0. The van der Waals surface area contributed by atoms with Crippen molar-refractivity contribution in [3.05, 3.63) is 35.9 Å². The summed E-state index contributed by atoms with van der Waals surface area (Å²) in [6, 6.07) is 11.5. The molecule has 1 aliphatic rings. The zero-order valence-electron chi connectivity index (χ0n) is 12.4. The van der Waals surface area contributed by atoms with Crippen LogP contribution in [0, 0.1) is 11.8 Å². The van der Waals surface area contributed by atoms with Crippen molar-refractivity contribution in [2.24, 2.45) is 17.6 Å². The lowest BCUT2D eigenvalue weighted by molar-refractivity contribution is 0.105. The Labute approximate surface area is 118 Å². The van der Waals surface area contributed by atoms with E-state index >= 15 is 0 Å². The monoisotopic (exact) mass is 260 g/mol. The smallest absolute Gasteiger partial charge is 0.0237 e. The van der Waals surface area contributed by atoms with Crippen LogP contribution < -0.4 is 5.73 Å². The summed E-state index contributed by atoms with van der Waals surface area (Å²) in [5, 5.41) is 0. The molecule has 3 atom stereocenters. The van der Waals surface area contributed by atoms with Crippen LogP contribution in [0.4, 0.5) is 0 Å². The summed E-state index contributed by atoms with van der Waals surface area (Å²) in [4.78, 5) is 2.59. The molecule has 0 aromatic heterocycles. The fraction of sp³-hybridized carbons (Fsp3) is 0.647. The number of hydrogen-bond donors (Lipinski definition) is 1. The first-order valence-corrected chi connectivity index (χ1v) is 7.68. The maximum absolute atomic E-state index is 5.81. The first kappa shape index (κ1) is 14.5. The summed E-state index contributed by atoms with van der Waals surface area (Å²) < 4.78 is 0. The van der Waals surface area contributed by atoms with E-state index in [0.717, 1.165) is 37.5 Å². The Morgan fingerprint density at radius 3 is 2.47 bits per heavy atom. The van der Waals surface area contributed by atoms with Gasteiger partial charge in [0.2, 0.25) is 0 Å². The van der Waals surface area contributed by atoms with Gasteiger partial charge in [0.05, 0.1) is 0 Å². The standard InChI is InChI=1S/C17H28N2/c1-14-8-9-17(12-15(14)2)19(11-10-18)13-16-6-4-3-5-7-16/h3-7,14-15,17H,8-13,18H2,1-2H3. The molecular formula is C17H28N2. The molecule has 0 saturated heterocycles. The Hall–Kier alpha value is -0.860. The van der Waals surface area contributed by atoms with E-state index in [9.17, 15) is 0 Å². The third-order valence-electron chi connectivity index (χ3n) is 4.73. The summed E-state index contributed by atoms with van der Waals surface area (Å²) in [5.74, 6) is 1.72. The number of nitrogens with zero attached hydrogens (tertiary/aromatic N) is 1. The van der Waals surface area contributed by atoms with Gasteiger partial charge in [-0.2, -0.15) is 0 Å². The van der Waals surface area contributed by atoms with Gasteiger partial charge in [0.15, 0.2) is 0 Å². The molecule has 0 heterocycles. The van der Waals surface area contributed by atoms with Gasteiger partial charge >= 0.3 is 0 Å². The Bertz CT molecular complexity index is 363. The molecule has 2 rings (SSSR count). The summed E-state index contributed by atoms with van der Waals surface area (Å²) in [6.45, 7) is 7.61. The van der Waals surface area contributed by atoms with Gasteiger partial charge in [-0.25, -0.2) is 0 Å². The Morgan fingerprint density at radius 2 is 1.84 bits per heavy atom. The largest absolute Gasteiger partial charge is 0.329 e. The lowest BCUT2D eigenvalue weighted by atomic mass is 9.78. The third-order valence-corrected chi connectivity index (χ3v) is 4.73. The van der Waals surface area contributed by atoms with E-state index in [-0.39, 0.29) is 0 Å². The topological polar surface area (TPSA) is 29.3 Å². The minimum atomic E-state index is 0.718. The van der Waals surface area contributed by atoms with Crippen molar-refractivity contribution in [3.63, 3.8) is 0 Å². The van der Waals surface area contributed by atoms with E-state index in [4.69, 9.17) is 5.73 Å². The van der Waals surface area contributed by atoms with Crippen molar-refractivity contribution >= 4 is 0 Å². The number of benzene rings is 1. The first-order valence-electron chi connectivity index (χ1n) is 7.68. The molecule has 3 unspecified atom stereocenters. The molecule has 1 aromatic rings. The molecule has 2 N–H and O–H groups in total. The molecule has 2 heteroatoms. The van der Waals surface area contributed by atoms with Crippen molar-refractivity contribution in [2.75, 3.05) is 13.1 Å². The van der Waals surface area contributed by atoms with Crippen LogP contribution in [-0.4, -0.2) is 24.0 Å². The minimum Gasteiger partial charge on any atom is -0.329 e. The Balaban J connectivity index is 1.99. The number of nitrogens with two attached hydrogens (primary N) is 1. The van der Waals surface area contributed by atoms with Crippen molar-refractivity contribution in [2.45, 2.75) is 45.7 Å². The first-order chi connectivity index (χ1) is 9.20. The van der Waals surface area contributed by atoms with Crippen molar-refractivity contribution in [1.29, 1.82) is 0 Å². The molecule has 0 spiro atoms. The van der Waals surface area contributed by atoms with E-state index in [1.54, 1.807) is 0 Å². The van der Waals surface area contributed by atoms with E-state index in [0.29, 0.717) is 0 Å². The van der Waals surface area contributed by atoms with Gasteiger partial charge in [0.25, 0.3) is 0 Å². The molecular weight excluding hydrogens is 232 g/mol. The highest BCUT2D eigenvalue weighted by Gasteiger charge is 2.28. The summed E-state index contributed by atoms with van der Waals surface area (Å²) in [6.07, 6.45) is 4.02. The fourth-order valence-corrected chi connectivity index (χ4v) is 3.23. The summed E-state index contributed by atoms with van der Waals surface area (Å²) in [5.41, 5.74) is 7.21. The molecule has 1 saturated carbocycles. The molecule has 1 aliphatic carbocycles. The van der Waals surface area contributed by atoms with Crippen molar-refractivity contribution in [3.8, 4) is 0 Å². The van der Waals surface area contributed by atoms with E-state index < -0.39 is 0 Å². The lowest BCUT2D eigenvalue weighted by Gasteiger charge is -2.39. The Morgan fingerprint density at radius 1 is 1.11 bits per heavy atom. The highest BCUT2D eigenvalue weighted by Crippen LogP contribution is 2.32. The molecule has 2 nitrogen and oxygen atoms in total. The zero-order valence-corrected chi connectivity index (χ0v) is 12.4. The van der Waals surface area contributed by atoms with E-state index in [1.165, 1.54) is 24.8 Å². The number of hydrogen-bond acceptors (Lipinski definition) is 2. The SMILES string of the molecule is CC1CCC(N(CCN)Cc2ccccc2)CC1C. The van der Waals surface area contributed by atoms with Crippen molar-refractivity contribution < 1.29 is 0 Å². The average molecular weight is 260 g/mol. The predicted octanol–water partition coefficient (Wildman–Crippen LogP) is 3.27. The number of rotatable bonds is 5. The van der Waals surface area contributed by atoms with Crippen LogP contribution in [-0.2, 0) is 6.54 Å². The quantitative estimate of drug-likeness (QED) is 0.880. The normalized spacial score (nSPS) is 27.7. The molecule has 1 fully saturated rings. The van der Waals surface area contributed by atoms with Crippen LogP contribution in [0.2, 0.25) is 0 Å². The molecule has 19 heavy (non-hydrogen) atoms. The summed E-state index contributed by atoms with van der Waals surface area (Å²) in [7, 11) is 0. The molecule has 1 aromatic carbocycles. The molecule has 0 aliphatic heterocycles. The third kappa shape index (κ3) is 4.05. The molecule has 0 amide bonds. The highest BCUT2D eigenvalue weighted by molar-refractivity contribution is 5.14. The van der Waals surface area contributed by atoms with E-state index in [2.05, 4.69) is 49.1 Å².